The Morgan fingerprint density at radius 1 is 1.15 bits per heavy atom. The molecular formula is C11H22N2. The van der Waals surface area contributed by atoms with Crippen LogP contribution in [0, 0.1) is 5.41 Å². The highest BCUT2D eigenvalue weighted by molar-refractivity contribution is 4.92. The van der Waals surface area contributed by atoms with Crippen molar-refractivity contribution >= 4 is 0 Å². The topological polar surface area (TPSA) is 24.1 Å². The van der Waals surface area contributed by atoms with Gasteiger partial charge in [-0.1, -0.05) is 12.8 Å². The molecule has 2 saturated carbocycles. The van der Waals surface area contributed by atoms with Gasteiger partial charge in [0.05, 0.1) is 0 Å². The summed E-state index contributed by atoms with van der Waals surface area (Å²) in [6.07, 6.45) is 8.55. The van der Waals surface area contributed by atoms with Crippen LogP contribution in [0.1, 0.15) is 38.5 Å². The van der Waals surface area contributed by atoms with Crippen LogP contribution in [0.15, 0.2) is 0 Å². The highest BCUT2D eigenvalue weighted by Crippen LogP contribution is 2.40. The van der Waals surface area contributed by atoms with Crippen molar-refractivity contribution in [3.63, 3.8) is 0 Å². The second-order valence-electron chi connectivity index (χ2n) is 4.89. The first-order valence-corrected chi connectivity index (χ1v) is 5.73. The molecule has 0 atom stereocenters. The molecule has 0 heterocycles. The maximum absolute atomic E-state index is 3.71. The summed E-state index contributed by atoms with van der Waals surface area (Å²) in [5, 5.41) is 7.04. The van der Waals surface area contributed by atoms with E-state index in [1.165, 1.54) is 51.6 Å². The second-order valence-corrected chi connectivity index (χ2v) is 4.89. The molecule has 0 aromatic heterocycles. The molecule has 0 spiro atoms. The van der Waals surface area contributed by atoms with Gasteiger partial charge in [-0.05, 0) is 38.1 Å². The normalized spacial score (nSPS) is 26.5. The Balaban J connectivity index is 1.70. The van der Waals surface area contributed by atoms with Crippen molar-refractivity contribution in [1.82, 2.24) is 10.6 Å². The number of hydrogen-bond acceptors (Lipinski definition) is 2. The van der Waals surface area contributed by atoms with Gasteiger partial charge in [-0.15, -0.1) is 0 Å². The van der Waals surface area contributed by atoms with E-state index in [2.05, 4.69) is 17.7 Å². The molecule has 13 heavy (non-hydrogen) atoms. The zero-order valence-electron chi connectivity index (χ0n) is 8.73. The van der Waals surface area contributed by atoms with Gasteiger partial charge in [0.15, 0.2) is 0 Å². The van der Waals surface area contributed by atoms with Crippen LogP contribution in [0.3, 0.4) is 0 Å². The molecule has 0 radical (unpaired) electrons. The summed E-state index contributed by atoms with van der Waals surface area (Å²) in [5.74, 6) is 0. The smallest absolute Gasteiger partial charge is 0.00673 e. The molecule has 76 valence electrons. The molecular weight excluding hydrogens is 160 g/mol. The summed E-state index contributed by atoms with van der Waals surface area (Å²) in [4.78, 5) is 0. The average molecular weight is 182 g/mol. The van der Waals surface area contributed by atoms with E-state index in [0.717, 1.165) is 6.04 Å². The summed E-state index contributed by atoms with van der Waals surface area (Å²) in [6.45, 7) is 2.45. The highest BCUT2D eigenvalue weighted by atomic mass is 15.0. The van der Waals surface area contributed by atoms with Crippen molar-refractivity contribution < 1.29 is 0 Å². The van der Waals surface area contributed by atoms with E-state index in [1.807, 2.05) is 0 Å². The zero-order valence-corrected chi connectivity index (χ0v) is 8.73. The average Bonchev–Trinajstić information content (AvgIpc) is 1.96. The van der Waals surface area contributed by atoms with Crippen molar-refractivity contribution in [2.24, 2.45) is 5.41 Å². The third-order valence-electron chi connectivity index (χ3n) is 3.84. The number of nitrogens with one attached hydrogen (secondary N) is 2. The van der Waals surface area contributed by atoms with Gasteiger partial charge in [0.25, 0.3) is 0 Å². The van der Waals surface area contributed by atoms with Crippen LogP contribution in [-0.2, 0) is 0 Å². The van der Waals surface area contributed by atoms with Gasteiger partial charge in [0, 0.05) is 19.1 Å². The quantitative estimate of drug-likeness (QED) is 0.673. The van der Waals surface area contributed by atoms with E-state index < -0.39 is 0 Å². The van der Waals surface area contributed by atoms with E-state index in [0.29, 0.717) is 5.41 Å². The van der Waals surface area contributed by atoms with Gasteiger partial charge in [-0.2, -0.15) is 0 Å². The van der Waals surface area contributed by atoms with E-state index in [1.54, 1.807) is 0 Å². The standard InChI is InChI=1S/C11H22N2/c1-12-8-11(6-3-7-11)9-13-10-4-2-5-10/h10,12-13H,2-9H2,1H3. The summed E-state index contributed by atoms with van der Waals surface area (Å²) < 4.78 is 0. The van der Waals surface area contributed by atoms with E-state index in [9.17, 15) is 0 Å². The van der Waals surface area contributed by atoms with Gasteiger partial charge >= 0.3 is 0 Å². The van der Waals surface area contributed by atoms with Crippen molar-refractivity contribution in [3.05, 3.63) is 0 Å². The second kappa shape index (κ2) is 3.97. The highest BCUT2D eigenvalue weighted by Gasteiger charge is 2.36. The lowest BCUT2D eigenvalue weighted by Gasteiger charge is -2.44. The molecule has 0 unspecified atom stereocenters. The molecule has 0 aromatic rings. The monoisotopic (exact) mass is 182 g/mol. The van der Waals surface area contributed by atoms with Crippen LogP contribution in [-0.4, -0.2) is 26.2 Å². The maximum Gasteiger partial charge on any atom is 0.00673 e. The first kappa shape index (κ1) is 9.47. The molecule has 0 saturated heterocycles. The van der Waals surface area contributed by atoms with E-state index in [4.69, 9.17) is 0 Å². The first-order chi connectivity index (χ1) is 6.35. The van der Waals surface area contributed by atoms with Crippen LogP contribution >= 0.6 is 0 Å². The molecule has 2 fully saturated rings. The molecule has 2 heteroatoms. The van der Waals surface area contributed by atoms with Crippen molar-refractivity contribution in [2.45, 2.75) is 44.6 Å². The Morgan fingerprint density at radius 3 is 2.31 bits per heavy atom. The Hall–Kier alpha value is -0.0800. The molecule has 2 N–H and O–H groups in total. The van der Waals surface area contributed by atoms with Gasteiger partial charge < -0.3 is 10.6 Å². The van der Waals surface area contributed by atoms with Gasteiger partial charge in [-0.3, -0.25) is 0 Å². The molecule has 2 aliphatic carbocycles. The lowest BCUT2D eigenvalue weighted by Crippen LogP contribution is -2.50. The summed E-state index contributed by atoms with van der Waals surface area (Å²) in [6, 6.07) is 0.856. The minimum Gasteiger partial charge on any atom is -0.319 e. The van der Waals surface area contributed by atoms with Crippen LogP contribution < -0.4 is 10.6 Å². The SMILES string of the molecule is CNCC1(CNC2CCC2)CCC1. The fourth-order valence-electron chi connectivity index (χ4n) is 2.44. The largest absolute Gasteiger partial charge is 0.319 e. The van der Waals surface area contributed by atoms with Crippen molar-refractivity contribution in [3.8, 4) is 0 Å². The molecule has 2 aliphatic rings. The van der Waals surface area contributed by atoms with E-state index in [-0.39, 0.29) is 0 Å². The molecule has 0 amide bonds. The molecule has 2 rings (SSSR count). The third-order valence-corrected chi connectivity index (χ3v) is 3.84. The van der Waals surface area contributed by atoms with Gasteiger partial charge in [0.1, 0.15) is 0 Å². The maximum atomic E-state index is 3.71. The Morgan fingerprint density at radius 2 is 1.92 bits per heavy atom. The van der Waals surface area contributed by atoms with Crippen molar-refractivity contribution in [1.29, 1.82) is 0 Å². The minimum atomic E-state index is 0.615. The minimum absolute atomic E-state index is 0.615. The van der Waals surface area contributed by atoms with Gasteiger partial charge in [0.2, 0.25) is 0 Å². The van der Waals surface area contributed by atoms with E-state index >= 15 is 0 Å². The Labute approximate surface area is 81.5 Å². The van der Waals surface area contributed by atoms with Crippen molar-refractivity contribution in [2.75, 3.05) is 20.1 Å². The fraction of sp³-hybridized carbons (Fsp3) is 1.00. The number of rotatable bonds is 5. The molecule has 2 nitrogen and oxygen atoms in total. The molecule has 0 aromatic carbocycles. The van der Waals surface area contributed by atoms with Crippen LogP contribution in [0.2, 0.25) is 0 Å². The van der Waals surface area contributed by atoms with Gasteiger partial charge in [-0.25, -0.2) is 0 Å². The lowest BCUT2D eigenvalue weighted by molar-refractivity contribution is 0.118. The summed E-state index contributed by atoms with van der Waals surface area (Å²) >= 11 is 0. The lowest BCUT2D eigenvalue weighted by atomic mass is 9.68. The summed E-state index contributed by atoms with van der Waals surface area (Å²) in [5.41, 5.74) is 0.615. The molecule has 0 bridgehead atoms. The Kier molecular flexibility index (Phi) is 2.89. The predicted octanol–water partition coefficient (Wildman–Crippen LogP) is 1.52. The summed E-state index contributed by atoms with van der Waals surface area (Å²) in [7, 11) is 2.07. The van der Waals surface area contributed by atoms with Crippen LogP contribution in [0.5, 0.6) is 0 Å². The molecule has 0 aliphatic heterocycles. The predicted molar refractivity (Wildman–Crippen MR) is 55.9 cm³/mol. The number of hydrogen-bond donors (Lipinski definition) is 2. The Bertz CT molecular complexity index is 159. The fourth-order valence-corrected chi connectivity index (χ4v) is 2.44. The van der Waals surface area contributed by atoms with Crippen LogP contribution in [0.4, 0.5) is 0 Å². The zero-order chi connectivity index (χ0) is 9.15. The van der Waals surface area contributed by atoms with Crippen LogP contribution in [0.25, 0.3) is 0 Å². The first-order valence-electron chi connectivity index (χ1n) is 5.73. The third kappa shape index (κ3) is 2.05.